The van der Waals surface area contributed by atoms with Crippen LogP contribution in [0.5, 0.6) is 11.5 Å². The molecule has 1 aromatic heterocycles. The molecule has 3 aromatic rings. The third kappa shape index (κ3) is 6.44. The molecule has 0 saturated heterocycles. The number of rotatable bonds is 10. The first-order chi connectivity index (χ1) is 16.3. The van der Waals surface area contributed by atoms with Gasteiger partial charge in [0.15, 0.2) is 28.7 Å². The van der Waals surface area contributed by atoms with Crippen molar-refractivity contribution in [3.8, 4) is 22.9 Å². The number of carbonyl (C=O) groups excluding carboxylic acids is 2. The summed E-state index contributed by atoms with van der Waals surface area (Å²) < 4.78 is 13.2. The first kappa shape index (κ1) is 25.0. The molecule has 3 rings (SSSR count). The maximum atomic E-state index is 12.5. The number of benzene rings is 2. The van der Waals surface area contributed by atoms with Gasteiger partial charge in [0, 0.05) is 39.2 Å². The molecule has 9 nitrogen and oxygen atoms in total. The normalized spacial score (nSPS) is 10.6. The maximum absolute atomic E-state index is 12.5. The fourth-order valence-corrected chi connectivity index (χ4v) is 3.47. The number of ether oxygens (including phenoxy) is 2. The predicted molar refractivity (Wildman–Crippen MR) is 131 cm³/mol. The lowest BCUT2D eigenvalue weighted by atomic mass is 10.1. The molecule has 0 aliphatic carbocycles. The lowest BCUT2D eigenvalue weighted by molar-refractivity contribution is -0.130. The second kappa shape index (κ2) is 11.5. The third-order valence-corrected chi connectivity index (χ3v) is 5.48. The summed E-state index contributed by atoms with van der Waals surface area (Å²) in [6.45, 7) is 2.66. The fourth-order valence-electron chi connectivity index (χ4n) is 3.24. The molecule has 0 unspecified atom stereocenters. The van der Waals surface area contributed by atoms with Crippen molar-refractivity contribution in [2.45, 2.75) is 26.4 Å². The second-order valence-electron chi connectivity index (χ2n) is 7.96. The van der Waals surface area contributed by atoms with E-state index in [1.807, 2.05) is 41.8 Å². The van der Waals surface area contributed by atoms with Crippen LogP contribution in [0.3, 0.4) is 0 Å². The number of carbonyl (C=O) groups is 2. The number of H-pyrrole nitrogens is 1. The van der Waals surface area contributed by atoms with Gasteiger partial charge in [-0.25, -0.2) is 0 Å². The molecular weight excluding hydrogens is 454 g/mol. The maximum Gasteiger partial charge on any atom is 0.259 e. The van der Waals surface area contributed by atoms with Crippen molar-refractivity contribution in [3.05, 3.63) is 58.4 Å². The first-order valence-corrected chi connectivity index (χ1v) is 11.2. The van der Waals surface area contributed by atoms with E-state index < -0.39 is 0 Å². The van der Waals surface area contributed by atoms with Gasteiger partial charge in [0.25, 0.3) is 5.91 Å². The van der Waals surface area contributed by atoms with Crippen molar-refractivity contribution < 1.29 is 19.1 Å². The molecule has 10 heteroatoms. The summed E-state index contributed by atoms with van der Waals surface area (Å²) in [6, 6.07) is 13.3. The zero-order valence-electron chi connectivity index (χ0n) is 19.8. The molecule has 0 bridgehead atoms. The Morgan fingerprint density at radius 2 is 1.97 bits per heavy atom. The molecule has 0 saturated carbocycles. The summed E-state index contributed by atoms with van der Waals surface area (Å²) in [4.78, 5) is 25.7. The zero-order valence-corrected chi connectivity index (χ0v) is 20.6. The van der Waals surface area contributed by atoms with Gasteiger partial charge < -0.3 is 19.7 Å². The Kier molecular flexibility index (Phi) is 8.42. The predicted octanol–water partition coefficient (Wildman–Crippen LogP) is 3.10. The lowest BCUT2D eigenvalue weighted by Gasteiger charge is -2.14. The second-order valence-corrected chi connectivity index (χ2v) is 8.35. The number of aromatic nitrogens is 3. The minimum atomic E-state index is -0.151. The van der Waals surface area contributed by atoms with Gasteiger partial charge >= 0.3 is 0 Å². The highest BCUT2D eigenvalue weighted by molar-refractivity contribution is 7.71. The zero-order chi connectivity index (χ0) is 24.7. The Hall–Kier alpha value is -3.66. The van der Waals surface area contributed by atoms with Crippen LogP contribution in [-0.4, -0.2) is 59.3 Å². The largest absolute Gasteiger partial charge is 0.493 e. The Balaban J connectivity index is 1.57. The van der Waals surface area contributed by atoms with Crippen molar-refractivity contribution in [1.82, 2.24) is 25.0 Å². The van der Waals surface area contributed by atoms with Crippen LogP contribution in [-0.2, 0) is 22.7 Å². The summed E-state index contributed by atoms with van der Waals surface area (Å²) >= 11 is 5.35. The third-order valence-electron chi connectivity index (χ3n) is 5.16. The highest BCUT2D eigenvalue weighted by Gasteiger charge is 2.13. The van der Waals surface area contributed by atoms with E-state index in [4.69, 9.17) is 21.7 Å². The molecule has 2 amide bonds. The van der Waals surface area contributed by atoms with Gasteiger partial charge in [-0.3, -0.25) is 19.3 Å². The van der Waals surface area contributed by atoms with Crippen molar-refractivity contribution in [2.24, 2.45) is 0 Å². The van der Waals surface area contributed by atoms with Crippen molar-refractivity contribution in [1.29, 1.82) is 0 Å². The van der Waals surface area contributed by atoms with Gasteiger partial charge in [-0.05, 0) is 42.9 Å². The van der Waals surface area contributed by atoms with Gasteiger partial charge in [0.1, 0.15) is 0 Å². The van der Waals surface area contributed by atoms with Gasteiger partial charge in [0.05, 0.1) is 7.11 Å². The van der Waals surface area contributed by atoms with Crippen molar-refractivity contribution >= 4 is 24.0 Å². The van der Waals surface area contributed by atoms with Crippen molar-refractivity contribution in [3.63, 3.8) is 0 Å². The monoisotopic (exact) mass is 483 g/mol. The highest BCUT2D eigenvalue weighted by atomic mass is 32.1. The number of likely N-dealkylation sites (N-methyl/N-ethyl adjacent to an activating group) is 1. The Morgan fingerprint density at radius 3 is 2.68 bits per heavy atom. The molecule has 1 heterocycles. The quantitative estimate of drug-likeness (QED) is 0.430. The number of aromatic amines is 1. The fraction of sp³-hybridized carbons (Fsp3) is 0.333. The van der Waals surface area contributed by atoms with E-state index in [1.54, 1.807) is 26.2 Å². The van der Waals surface area contributed by atoms with Gasteiger partial charge in [-0.2, -0.15) is 5.10 Å². The molecule has 2 N–H and O–H groups in total. The lowest BCUT2D eigenvalue weighted by Crippen LogP contribution is -2.27. The van der Waals surface area contributed by atoms with Crippen molar-refractivity contribution in [2.75, 3.05) is 27.8 Å². The molecule has 0 aliphatic rings. The van der Waals surface area contributed by atoms with E-state index in [9.17, 15) is 9.59 Å². The number of hydrogen-bond acceptors (Lipinski definition) is 6. The smallest absolute Gasteiger partial charge is 0.259 e. The molecule has 0 spiro atoms. The Labute approximate surface area is 203 Å². The number of hydrogen-bond donors (Lipinski definition) is 2. The molecule has 34 heavy (non-hydrogen) atoms. The minimum absolute atomic E-state index is 0.0828. The summed E-state index contributed by atoms with van der Waals surface area (Å²) in [7, 11) is 4.86. The van der Waals surface area contributed by atoms with E-state index in [0.29, 0.717) is 35.2 Å². The van der Waals surface area contributed by atoms with E-state index in [-0.39, 0.29) is 24.8 Å². The number of nitrogens with one attached hydrogen (secondary N) is 2. The summed E-state index contributed by atoms with van der Waals surface area (Å²) in [5, 5.41) is 10.0. The van der Waals surface area contributed by atoms with E-state index in [1.165, 1.54) is 12.0 Å². The van der Waals surface area contributed by atoms with Gasteiger partial charge in [-0.15, -0.1) is 0 Å². The van der Waals surface area contributed by atoms with Crippen LogP contribution in [0, 0.1) is 11.7 Å². The van der Waals surface area contributed by atoms with E-state index in [2.05, 4.69) is 15.5 Å². The molecule has 2 aromatic carbocycles. The number of methoxy groups -OCH3 is 1. The van der Waals surface area contributed by atoms with Crippen LogP contribution in [0.2, 0.25) is 0 Å². The first-order valence-electron chi connectivity index (χ1n) is 10.8. The van der Waals surface area contributed by atoms with Crippen LogP contribution in [0.15, 0.2) is 42.5 Å². The van der Waals surface area contributed by atoms with Crippen LogP contribution in [0.1, 0.15) is 17.5 Å². The van der Waals surface area contributed by atoms with Gasteiger partial charge in [0.2, 0.25) is 5.91 Å². The standard InChI is InChI=1S/C24H29N5O4S/c1-16-6-5-7-18(12-16)23-26-27-24(34)29(23)11-10-21(30)25-14-17-8-9-19(20(13-17)32-4)33-15-22(31)28(2)3/h5-9,12-13H,10-11,14-15H2,1-4H3,(H,25,30)(H,27,34). The Morgan fingerprint density at radius 1 is 1.18 bits per heavy atom. The average Bonchev–Trinajstić information content (AvgIpc) is 3.20. The Bertz CT molecular complexity index is 1220. The molecule has 0 aliphatic heterocycles. The average molecular weight is 484 g/mol. The molecule has 180 valence electrons. The molecule has 0 radical (unpaired) electrons. The number of amides is 2. The summed E-state index contributed by atoms with van der Waals surface area (Å²) in [5.41, 5.74) is 2.90. The van der Waals surface area contributed by atoms with Crippen LogP contribution in [0.25, 0.3) is 11.4 Å². The molecule has 0 fully saturated rings. The van der Waals surface area contributed by atoms with E-state index >= 15 is 0 Å². The SMILES string of the molecule is COc1cc(CNC(=O)CCn2c(-c3cccc(C)c3)n[nH]c2=S)ccc1OCC(=O)N(C)C. The minimum Gasteiger partial charge on any atom is -0.493 e. The summed E-state index contributed by atoms with van der Waals surface area (Å²) in [6.07, 6.45) is 0.248. The van der Waals surface area contributed by atoms with Crippen LogP contribution in [0.4, 0.5) is 0 Å². The van der Waals surface area contributed by atoms with Gasteiger partial charge in [-0.1, -0.05) is 29.8 Å². The number of aryl methyl sites for hydroxylation is 1. The molecular formula is C24H29N5O4S. The summed E-state index contributed by atoms with van der Waals surface area (Å²) in [5.74, 6) is 1.39. The van der Waals surface area contributed by atoms with Crippen LogP contribution < -0.4 is 14.8 Å². The molecule has 0 atom stereocenters. The van der Waals surface area contributed by atoms with Crippen LogP contribution >= 0.6 is 12.2 Å². The topological polar surface area (TPSA) is 101 Å². The van der Waals surface area contributed by atoms with E-state index in [0.717, 1.165) is 16.7 Å². The highest BCUT2D eigenvalue weighted by Crippen LogP contribution is 2.28. The number of nitrogens with zero attached hydrogens (tertiary/aromatic N) is 3.